The molecule has 0 saturated carbocycles. The Kier molecular flexibility index (Phi) is 5.22. The van der Waals surface area contributed by atoms with Crippen LogP contribution in [-0.2, 0) is 0 Å². The average molecular weight is 371 g/mol. The largest absolute Gasteiger partial charge is 0.497 e. The van der Waals surface area contributed by atoms with E-state index in [0.29, 0.717) is 11.7 Å². The van der Waals surface area contributed by atoms with Crippen molar-refractivity contribution in [3.63, 3.8) is 0 Å². The zero-order chi connectivity index (χ0) is 18.7. The third-order valence-corrected chi connectivity index (χ3v) is 5.06. The molecule has 0 radical (unpaired) electrons. The van der Waals surface area contributed by atoms with Crippen molar-refractivity contribution in [1.82, 2.24) is 15.0 Å². The van der Waals surface area contributed by atoms with Gasteiger partial charge in [0.1, 0.15) is 11.5 Å². The molecule has 0 unspecified atom stereocenters. The molecule has 0 saturated heterocycles. The molecule has 3 rings (SSSR count). The second-order valence-electron chi connectivity index (χ2n) is 5.76. The van der Waals surface area contributed by atoms with E-state index in [1.807, 2.05) is 50.2 Å². The molecule has 0 spiro atoms. The lowest BCUT2D eigenvalue weighted by Gasteiger charge is -2.11. The van der Waals surface area contributed by atoms with Gasteiger partial charge >= 0.3 is 0 Å². The van der Waals surface area contributed by atoms with Crippen molar-refractivity contribution < 1.29 is 9.47 Å². The van der Waals surface area contributed by atoms with Gasteiger partial charge in [0.25, 0.3) is 0 Å². The summed E-state index contributed by atoms with van der Waals surface area (Å²) in [6.45, 7) is 1.99. The number of rotatable bonds is 6. The molecule has 0 bridgehead atoms. The number of aromatic nitrogens is 3. The van der Waals surface area contributed by atoms with Crippen LogP contribution in [0.5, 0.6) is 11.5 Å². The van der Waals surface area contributed by atoms with E-state index in [2.05, 4.69) is 20.3 Å². The number of methoxy groups -OCH3 is 2. The number of hydrogen-bond acceptors (Lipinski definition) is 8. The third kappa shape index (κ3) is 3.70. The summed E-state index contributed by atoms with van der Waals surface area (Å²) in [6.07, 6.45) is 1.73. The first-order chi connectivity index (χ1) is 12.5. The molecular formula is C18H21N5O2S. The molecule has 1 N–H and O–H groups in total. The zero-order valence-electron chi connectivity index (χ0n) is 15.4. The average Bonchev–Trinajstić information content (AvgIpc) is 3.04. The van der Waals surface area contributed by atoms with E-state index in [0.717, 1.165) is 32.8 Å². The summed E-state index contributed by atoms with van der Waals surface area (Å²) in [7, 11) is 7.18. The Morgan fingerprint density at radius 1 is 1.08 bits per heavy atom. The van der Waals surface area contributed by atoms with Gasteiger partial charge in [-0.15, -0.1) is 0 Å². The lowest BCUT2D eigenvalue weighted by Crippen LogP contribution is -2.07. The number of anilines is 3. The van der Waals surface area contributed by atoms with Gasteiger partial charge in [0.15, 0.2) is 5.13 Å². The molecule has 0 aliphatic rings. The van der Waals surface area contributed by atoms with Crippen LogP contribution in [0.1, 0.15) is 5.69 Å². The summed E-state index contributed by atoms with van der Waals surface area (Å²) in [6, 6.07) is 7.42. The number of nitrogens with one attached hydrogen (secondary N) is 1. The van der Waals surface area contributed by atoms with Gasteiger partial charge in [-0.05, 0) is 25.1 Å². The van der Waals surface area contributed by atoms with E-state index < -0.39 is 0 Å². The van der Waals surface area contributed by atoms with Gasteiger partial charge in [0.2, 0.25) is 5.95 Å². The second-order valence-corrected chi connectivity index (χ2v) is 6.74. The number of thiazole rings is 1. The van der Waals surface area contributed by atoms with Crippen LogP contribution in [0.2, 0.25) is 0 Å². The van der Waals surface area contributed by atoms with E-state index in [-0.39, 0.29) is 0 Å². The number of hydrogen-bond donors (Lipinski definition) is 1. The first kappa shape index (κ1) is 17.9. The molecule has 0 amide bonds. The maximum absolute atomic E-state index is 5.41. The van der Waals surface area contributed by atoms with Crippen LogP contribution in [0.15, 0.2) is 30.5 Å². The number of ether oxygens (including phenoxy) is 2. The van der Waals surface area contributed by atoms with Crippen LogP contribution in [-0.4, -0.2) is 43.3 Å². The Morgan fingerprint density at radius 2 is 1.88 bits per heavy atom. The summed E-state index contributed by atoms with van der Waals surface area (Å²) >= 11 is 1.60. The van der Waals surface area contributed by atoms with Gasteiger partial charge < -0.3 is 19.7 Å². The predicted octanol–water partition coefficient (Wildman–Crippen LogP) is 3.74. The molecule has 8 heteroatoms. The normalized spacial score (nSPS) is 10.5. The van der Waals surface area contributed by atoms with Gasteiger partial charge in [0, 0.05) is 26.4 Å². The lowest BCUT2D eigenvalue weighted by molar-refractivity contribution is 0.395. The molecule has 0 atom stereocenters. The number of benzene rings is 1. The van der Waals surface area contributed by atoms with Crippen LogP contribution in [0.4, 0.5) is 16.8 Å². The van der Waals surface area contributed by atoms with Crippen molar-refractivity contribution in [1.29, 1.82) is 0 Å². The molecule has 0 aliphatic heterocycles. The highest BCUT2D eigenvalue weighted by atomic mass is 32.1. The van der Waals surface area contributed by atoms with E-state index in [4.69, 9.17) is 9.47 Å². The first-order valence-electron chi connectivity index (χ1n) is 7.99. The third-order valence-electron chi connectivity index (χ3n) is 3.71. The van der Waals surface area contributed by atoms with Crippen LogP contribution < -0.4 is 19.7 Å². The van der Waals surface area contributed by atoms with Crippen molar-refractivity contribution in [3.05, 3.63) is 36.2 Å². The fourth-order valence-corrected chi connectivity index (χ4v) is 3.34. The summed E-state index contributed by atoms with van der Waals surface area (Å²) in [5.41, 5.74) is 2.55. The highest BCUT2D eigenvalue weighted by Gasteiger charge is 2.14. The van der Waals surface area contributed by atoms with Crippen molar-refractivity contribution in [2.75, 3.05) is 38.5 Å². The van der Waals surface area contributed by atoms with Gasteiger partial charge in [0.05, 0.1) is 36.2 Å². The molecule has 2 aromatic heterocycles. The Balaban J connectivity index is 1.91. The molecule has 136 valence electrons. The molecule has 0 aliphatic carbocycles. The number of aryl methyl sites for hydroxylation is 1. The summed E-state index contributed by atoms with van der Waals surface area (Å²) in [5, 5.41) is 4.15. The lowest BCUT2D eigenvalue weighted by atomic mass is 10.2. The van der Waals surface area contributed by atoms with E-state index in [1.165, 1.54) is 0 Å². The van der Waals surface area contributed by atoms with Gasteiger partial charge in [-0.2, -0.15) is 0 Å². The van der Waals surface area contributed by atoms with Gasteiger partial charge in [-0.1, -0.05) is 11.3 Å². The van der Waals surface area contributed by atoms with E-state index in [9.17, 15) is 0 Å². The SMILES string of the molecule is COc1ccc(Nc2nccc(-c3sc(N(C)C)nc3C)n2)c(OC)c1. The molecular weight excluding hydrogens is 350 g/mol. The molecule has 7 nitrogen and oxygen atoms in total. The van der Waals surface area contributed by atoms with Gasteiger partial charge in [-0.25, -0.2) is 15.0 Å². The maximum Gasteiger partial charge on any atom is 0.227 e. The minimum Gasteiger partial charge on any atom is -0.497 e. The Labute approximate surface area is 156 Å². The Hall–Kier alpha value is -2.87. The standard InChI is InChI=1S/C18H21N5O2S/c1-11-16(26-18(20-11)23(2)3)14-8-9-19-17(22-14)21-13-7-6-12(24-4)10-15(13)25-5/h6-10H,1-5H3,(H,19,21,22). The summed E-state index contributed by atoms with van der Waals surface area (Å²) in [5.74, 6) is 1.87. The van der Waals surface area contributed by atoms with Crippen molar-refractivity contribution in [3.8, 4) is 22.1 Å². The molecule has 26 heavy (non-hydrogen) atoms. The Morgan fingerprint density at radius 3 is 2.54 bits per heavy atom. The first-order valence-corrected chi connectivity index (χ1v) is 8.80. The van der Waals surface area contributed by atoms with Gasteiger partial charge in [-0.3, -0.25) is 0 Å². The van der Waals surface area contributed by atoms with Crippen LogP contribution in [0.3, 0.4) is 0 Å². The smallest absolute Gasteiger partial charge is 0.227 e. The molecule has 0 fully saturated rings. The fraction of sp³-hybridized carbons (Fsp3) is 0.278. The highest BCUT2D eigenvalue weighted by Crippen LogP contribution is 2.34. The Bertz CT molecular complexity index is 910. The fourth-order valence-electron chi connectivity index (χ4n) is 2.38. The van der Waals surface area contributed by atoms with Crippen LogP contribution in [0, 0.1) is 6.92 Å². The minimum atomic E-state index is 0.491. The van der Waals surface area contributed by atoms with Crippen molar-refractivity contribution >= 4 is 28.1 Å². The van der Waals surface area contributed by atoms with E-state index >= 15 is 0 Å². The second kappa shape index (κ2) is 7.57. The quantitative estimate of drug-likeness (QED) is 0.708. The molecule has 2 heterocycles. The van der Waals surface area contributed by atoms with E-state index in [1.54, 1.807) is 31.8 Å². The number of nitrogens with zero attached hydrogens (tertiary/aromatic N) is 4. The monoisotopic (exact) mass is 371 g/mol. The topological polar surface area (TPSA) is 72.4 Å². The van der Waals surface area contributed by atoms with Crippen molar-refractivity contribution in [2.24, 2.45) is 0 Å². The predicted molar refractivity (Wildman–Crippen MR) is 105 cm³/mol. The van der Waals surface area contributed by atoms with Crippen molar-refractivity contribution in [2.45, 2.75) is 6.92 Å². The highest BCUT2D eigenvalue weighted by molar-refractivity contribution is 7.19. The maximum atomic E-state index is 5.41. The zero-order valence-corrected chi connectivity index (χ0v) is 16.2. The minimum absolute atomic E-state index is 0.491. The molecule has 1 aromatic carbocycles. The van der Waals surface area contributed by atoms with Crippen LogP contribution >= 0.6 is 11.3 Å². The summed E-state index contributed by atoms with van der Waals surface area (Å²) < 4.78 is 10.6. The summed E-state index contributed by atoms with van der Waals surface area (Å²) in [4.78, 5) is 16.5. The van der Waals surface area contributed by atoms with Crippen LogP contribution in [0.25, 0.3) is 10.6 Å². The molecule has 3 aromatic rings.